The van der Waals surface area contributed by atoms with Gasteiger partial charge in [-0.15, -0.1) is 0 Å². The fourth-order valence-electron chi connectivity index (χ4n) is 1.36. The lowest BCUT2D eigenvalue weighted by atomic mass is 10.2. The first-order valence-electron chi connectivity index (χ1n) is 5.39. The molecule has 3 N–H and O–H groups in total. The van der Waals surface area contributed by atoms with Crippen molar-refractivity contribution in [3.05, 3.63) is 35.6 Å². The fourth-order valence-corrected chi connectivity index (χ4v) is 1.36. The van der Waals surface area contributed by atoms with E-state index in [-0.39, 0.29) is 11.9 Å². The number of carbonyl (C=O) groups excluding carboxylic acids is 1. The third-order valence-electron chi connectivity index (χ3n) is 2.21. The number of hydrogen-bond acceptors (Lipinski definition) is 2. The highest BCUT2D eigenvalue weighted by molar-refractivity contribution is 5.94. The summed E-state index contributed by atoms with van der Waals surface area (Å²) in [5.74, 6) is -0.646. The van der Waals surface area contributed by atoms with Gasteiger partial charge in [0.2, 0.25) is 0 Å². The Morgan fingerprint density at radius 3 is 2.94 bits per heavy atom. The molecule has 0 spiro atoms. The molecule has 1 aromatic rings. The van der Waals surface area contributed by atoms with Crippen molar-refractivity contribution >= 4 is 5.91 Å². The molecule has 1 amide bonds. The molecule has 0 aliphatic heterocycles. The normalized spacial score (nSPS) is 12.2. The minimum atomic E-state index is -0.400. The molecular weight excluding hydrogens is 207 g/mol. The quantitative estimate of drug-likeness (QED) is 0.748. The lowest BCUT2D eigenvalue weighted by molar-refractivity contribution is 0.0952. The Labute approximate surface area is 94.8 Å². The number of amides is 1. The van der Waals surface area contributed by atoms with Gasteiger partial charge in [-0.05, 0) is 38.0 Å². The molecule has 0 aliphatic carbocycles. The SMILES string of the molecule is CC(N)CCCNC(=O)c1cccc(F)c1. The van der Waals surface area contributed by atoms with Gasteiger partial charge < -0.3 is 11.1 Å². The minimum Gasteiger partial charge on any atom is -0.352 e. The van der Waals surface area contributed by atoms with Crippen molar-refractivity contribution in [2.45, 2.75) is 25.8 Å². The molecule has 1 aromatic carbocycles. The van der Waals surface area contributed by atoms with E-state index in [2.05, 4.69) is 5.32 Å². The van der Waals surface area contributed by atoms with Crippen LogP contribution in [0.2, 0.25) is 0 Å². The summed E-state index contributed by atoms with van der Waals surface area (Å²) in [7, 11) is 0. The molecule has 0 fully saturated rings. The van der Waals surface area contributed by atoms with Gasteiger partial charge in [0.25, 0.3) is 5.91 Å². The van der Waals surface area contributed by atoms with Gasteiger partial charge in [-0.3, -0.25) is 4.79 Å². The Hall–Kier alpha value is -1.42. The zero-order chi connectivity index (χ0) is 12.0. The monoisotopic (exact) mass is 224 g/mol. The second-order valence-corrected chi connectivity index (χ2v) is 3.89. The van der Waals surface area contributed by atoms with E-state index in [4.69, 9.17) is 5.73 Å². The number of rotatable bonds is 5. The van der Waals surface area contributed by atoms with Crippen LogP contribution < -0.4 is 11.1 Å². The number of benzene rings is 1. The molecule has 0 bridgehead atoms. The predicted molar refractivity (Wildman–Crippen MR) is 61.6 cm³/mol. The van der Waals surface area contributed by atoms with Crippen molar-refractivity contribution < 1.29 is 9.18 Å². The van der Waals surface area contributed by atoms with E-state index < -0.39 is 5.82 Å². The molecule has 88 valence electrons. The average molecular weight is 224 g/mol. The summed E-state index contributed by atoms with van der Waals surface area (Å²) < 4.78 is 12.8. The van der Waals surface area contributed by atoms with Crippen LogP contribution in [0.3, 0.4) is 0 Å². The highest BCUT2D eigenvalue weighted by Crippen LogP contribution is 2.03. The Balaban J connectivity index is 2.35. The van der Waals surface area contributed by atoms with Gasteiger partial charge in [0.05, 0.1) is 0 Å². The van der Waals surface area contributed by atoms with Gasteiger partial charge in [0.15, 0.2) is 0 Å². The number of halogens is 1. The van der Waals surface area contributed by atoms with Crippen LogP contribution in [0.15, 0.2) is 24.3 Å². The van der Waals surface area contributed by atoms with Gasteiger partial charge in [-0.25, -0.2) is 4.39 Å². The van der Waals surface area contributed by atoms with E-state index in [0.29, 0.717) is 12.1 Å². The third kappa shape index (κ3) is 4.40. The lowest BCUT2D eigenvalue weighted by Gasteiger charge is -2.06. The topological polar surface area (TPSA) is 55.1 Å². The first-order valence-corrected chi connectivity index (χ1v) is 5.39. The molecule has 0 aliphatic rings. The van der Waals surface area contributed by atoms with Crippen LogP contribution >= 0.6 is 0 Å². The van der Waals surface area contributed by atoms with Crippen LogP contribution in [-0.4, -0.2) is 18.5 Å². The van der Waals surface area contributed by atoms with Crippen molar-refractivity contribution in [1.29, 1.82) is 0 Å². The maximum absolute atomic E-state index is 12.8. The number of carbonyl (C=O) groups is 1. The number of hydrogen-bond donors (Lipinski definition) is 2. The molecule has 0 saturated carbocycles. The van der Waals surface area contributed by atoms with E-state index >= 15 is 0 Å². The Morgan fingerprint density at radius 1 is 1.56 bits per heavy atom. The van der Waals surface area contributed by atoms with E-state index in [0.717, 1.165) is 12.8 Å². The summed E-state index contributed by atoms with van der Waals surface area (Å²) in [6.45, 7) is 2.49. The molecule has 4 heteroatoms. The second-order valence-electron chi connectivity index (χ2n) is 3.89. The summed E-state index contributed by atoms with van der Waals surface area (Å²) in [4.78, 5) is 11.5. The Kier molecular flexibility index (Phi) is 4.92. The molecule has 3 nitrogen and oxygen atoms in total. The fraction of sp³-hybridized carbons (Fsp3) is 0.417. The van der Waals surface area contributed by atoms with E-state index in [1.807, 2.05) is 6.92 Å². The Morgan fingerprint density at radius 2 is 2.31 bits per heavy atom. The summed E-state index contributed by atoms with van der Waals surface area (Å²) in [5, 5.41) is 2.72. The largest absolute Gasteiger partial charge is 0.352 e. The van der Waals surface area contributed by atoms with E-state index in [1.54, 1.807) is 6.07 Å². The first kappa shape index (κ1) is 12.6. The minimum absolute atomic E-state index is 0.145. The van der Waals surface area contributed by atoms with Crippen LogP contribution in [0, 0.1) is 5.82 Å². The summed E-state index contributed by atoms with van der Waals surface area (Å²) in [6.07, 6.45) is 1.70. The first-order chi connectivity index (χ1) is 7.59. The lowest BCUT2D eigenvalue weighted by Crippen LogP contribution is -2.26. The van der Waals surface area contributed by atoms with Crippen molar-refractivity contribution in [3.8, 4) is 0 Å². The van der Waals surface area contributed by atoms with Gasteiger partial charge in [-0.1, -0.05) is 6.07 Å². The van der Waals surface area contributed by atoms with E-state index in [1.165, 1.54) is 18.2 Å². The molecular formula is C12H17FN2O. The molecule has 1 atom stereocenters. The highest BCUT2D eigenvalue weighted by atomic mass is 19.1. The van der Waals surface area contributed by atoms with E-state index in [9.17, 15) is 9.18 Å². The smallest absolute Gasteiger partial charge is 0.251 e. The maximum atomic E-state index is 12.8. The van der Waals surface area contributed by atoms with Crippen molar-refractivity contribution in [1.82, 2.24) is 5.32 Å². The third-order valence-corrected chi connectivity index (χ3v) is 2.21. The summed E-state index contributed by atoms with van der Waals surface area (Å²) >= 11 is 0. The molecule has 16 heavy (non-hydrogen) atoms. The highest BCUT2D eigenvalue weighted by Gasteiger charge is 2.05. The molecule has 0 radical (unpaired) electrons. The van der Waals surface area contributed by atoms with Gasteiger partial charge in [0.1, 0.15) is 5.82 Å². The van der Waals surface area contributed by atoms with Gasteiger partial charge >= 0.3 is 0 Å². The maximum Gasteiger partial charge on any atom is 0.251 e. The van der Waals surface area contributed by atoms with Crippen molar-refractivity contribution in [2.75, 3.05) is 6.54 Å². The zero-order valence-electron chi connectivity index (χ0n) is 9.37. The van der Waals surface area contributed by atoms with Crippen LogP contribution in [0.25, 0.3) is 0 Å². The van der Waals surface area contributed by atoms with Gasteiger partial charge in [0, 0.05) is 18.2 Å². The predicted octanol–water partition coefficient (Wildman–Crippen LogP) is 1.68. The molecule has 0 saturated heterocycles. The number of nitrogens with two attached hydrogens (primary N) is 1. The second kappa shape index (κ2) is 6.23. The standard InChI is InChI=1S/C12H17FN2O/c1-9(14)4-3-7-15-12(16)10-5-2-6-11(13)8-10/h2,5-6,8-9H,3-4,7,14H2,1H3,(H,15,16). The summed E-state index contributed by atoms with van der Waals surface area (Å²) in [6, 6.07) is 5.79. The van der Waals surface area contributed by atoms with Crippen molar-refractivity contribution in [2.24, 2.45) is 5.73 Å². The Bertz CT molecular complexity index is 353. The molecule has 1 rings (SSSR count). The van der Waals surface area contributed by atoms with Crippen LogP contribution in [-0.2, 0) is 0 Å². The van der Waals surface area contributed by atoms with Crippen LogP contribution in [0.5, 0.6) is 0 Å². The van der Waals surface area contributed by atoms with Crippen LogP contribution in [0.1, 0.15) is 30.1 Å². The van der Waals surface area contributed by atoms with Gasteiger partial charge in [-0.2, -0.15) is 0 Å². The molecule has 0 heterocycles. The van der Waals surface area contributed by atoms with Crippen molar-refractivity contribution in [3.63, 3.8) is 0 Å². The molecule has 0 aromatic heterocycles. The summed E-state index contributed by atoms with van der Waals surface area (Å²) in [5.41, 5.74) is 5.93. The number of nitrogens with one attached hydrogen (secondary N) is 1. The average Bonchev–Trinajstić information content (AvgIpc) is 2.24. The van der Waals surface area contributed by atoms with Crippen LogP contribution in [0.4, 0.5) is 4.39 Å². The zero-order valence-corrected chi connectivity index (χ0v) is 9.37. The molecule has 1 unspecified atom stereocenters.